The molecule has 2 aromatic rings. The molecule has 2 rings (SSSR count). The van der Waals surface area contributed by atoms with Gasteiger partial charge >= 0.3 is 0 Å². The van der Waals surface area contributed by atoms with Crippen LogP contribution >= 0.6 is 46.4 Å². The highest BCUT2D eigenvalue weighted by Gasteiger charge is 2.21. The third-order valence-electron chi connectivity index (χ3n) is 3.03. The van der Waals surface area contributed by atoms with E-state index in [2.05, 4.69) is 0 Å². The molecule has 0 aliphatic rings. The Labute approximate surface area is 137 Å². The largest absolute Gasteiger partial charge is 0.322 e. The van der Waals surface area contributed by atoms with E-state index in [0.29, 0.717) is 20.1 Å². The second kappa shape index (κ2) is 6.52. The maximum Gasteiger partial charge on any atom is 0.0506 e. The predicted molar refractivity (Wildman–Crippen MR) is 86.8 cm³/mol. The van der Waals surface area contributed by atoms with Gasteiger partial charge in [0, 0.05) is 20.1 Å². The fraction of sp³-hybridized carbons (Fsp3) is 0.143. The summed E-state index contributed by atoms with van der Waals surface area (Å²) >= 11 is 24.0. The van der Waals surface area contributed by atoms with Crippen LogP contribution in [-0.4, -0.2) is 0 Å². The SMILES string of the molecule is NC(c1ccc(Cl)cc1Cl)C(N)c1ccc(Cl)cc1Cl. The van der Waals surface area contributed by atoms with Gasteiger partial charge in [-0.25, -0.2) is 0 Å². The van der Waals surface area contributed by atoms with Gasteiger partial charge < -0.3 is 11.5 Å². The molecule has 6 heteroatoms. The van der Waals surface area contributed by atoms with Crippen molar-refractivity contribution in [3.63, 3.8) is 0 Å². The van der Waals surface area contributed by atoms with Gasteiger partial charge in [-0.1, -0.05) is 58.5 Å². The molecule has 0 fully saturated rings. The Morgan fingerprint density at radius 2 is 1.00 bits per heavy atom. The molecule has 0 spiro atoms. The molecule has 4 N–H and O–H groups in total. The molecule has 0 aromatic heterocycles. The van der Waals surface area contributed by atoms with E-state index >= 15 is 0 Å². The zero-order chi connectivity index (χ0) is 14.9. The molecule has 106 valence electrons. The quantitative estimate of drug-likeness (QED) is 0.819. The summed E-state index contributed by atoms with van der Waals surface area (Å²) in [5.41, 5.74) is 13.8. The molecule has 0 radical (unpaired) electrons. The van der Waals surface area contributed by atoms with Crippen LogP contribution in [0.5, 0.6) is 0 Å². The van der Waals surface area contributed by atoms with Gasteiger partial charge in [0.05, 0.1) is 12.1 Å². The Morgan fingerprint density at radius 3 is 1.30 bits per heavy atom. The zero-order valence-electron chi connectivity index (χ0n) is 10.3. The molecule has 0 amide bonds. The third-order valence-corrected chi connectivity index (χ3v) is 4.15. The molecule has 2 unspecified atom stereocenters. The molecule has 0 saturated heterocycles. The minimum atomic E-state index is -0.501. The summed E-state index contributed by atoms with van der Waals surface area (Å²) in [4.78, 5) is 0. The van der Waals surface area contributed by atoms with Crippen LogP contribution in [0.1, 0.15) is 23.2 Å². The minimum Gasteiger partial charge on any atom is -0.322 e. The van der Waals surface area contributed by atoms with Crippen molar-refractivity contribution < 1.29 is 0 Å². The van der Waals surface area contributed by atoms with Gasteiger partial charge in [-0.3, -0.25) is 0 Å². The Kier molecular flexibility index (Phi) is 5.19. The normalized spacial score (nSPS) is 14.1. The van der Waals surface area contributed by atoms with Crippen LogP contribution in [0.4, 0.5) is 0 Å². The van der Waals surface area contributed by atoms with Crippen molar-refractivity contribution in [2.24, 2.45) is 11.5 Å². The predicted octanol–water partition coefficient (Wildman–Crippen LogP) is 5.00. The van der Waals surface area contributed by atoms with Crippen LogP contribution in [0, 0.1) is 0 Å². The van der Waals surface area contributed by atoms with Crippen LogP contribution in [0.15, 0.2) is 36.4 Å². The number of nitrogens with two attached hydrogens (primary N) is 2. The molecule has 20 heavy (non-hydrogen) atoms. The van der Waals surface area contributed by atoms with Crippen LogP contribution in [0.3, 0.4) is 0 Å². The van der Waals surface area contributed by atoms with E-state index < -0.39 is 12.1 Å². The fourth-order valence-corrected chi connectivity index (χ4v) is 3.00. The van der Waals surface area contributed by atoms with E-state index in [0.717, 1.165) is 11.1 Å². The van der Waals surface area contributed by atoms with Gasteiger partial charge in [0.15, 0.2) is 0 Å². The summed E-state index contributed by atoms with van der Waals surface area (Å²) in [6, 6.07) is 9.23. The number of rotatable bonds is 3. The highest BCUT2D eigenvalue weighted by molar-refractivity contribution is 6.35. The number of benzene rings is 2. The number of hydrogen-bond acceptors (Lipinski definition) is 2. The highest BCUT2D eigenvalue weighted by Crippen LogP contribution is 2.34. The van der Waals surface area contributed by atoms with Crippen molar-refractivity contribution in [2.45, 2.75) is 12.1 Å². The fourth-order valence-electron chi connectivity index (χ4n) is 1.93. The van der Waals surface area contributed by atoms with Gasteiger partial charge in [-0.15, -0.1) is 0 Å². The van der Waals surface area contributed by atoms with Crippen molar-refractivity contribution in [1.29, 1.82) is 0 Å². The summed E-state index contributed by atoms with van der Waals surface area (Å²) in [5, 5.41) is 2.05. The van der Waals surface area contributed by atoms with E-state index in [1.165, 1.54) is 0 Å². The molecule has 0 aliphatic heterocycles. The molecular weight excluding hydrogens is 338 g/mol. The van der Waals surface area contributed by atoms with Crippen molar-refractivity contribution in [3.8, 4) is 0 Å². The van der Waals surface area contributed by atoms with Crippen LogP contribution in [-0.2, 0) is 0 Å². The molecule has 0 heterocycles. The molecular formula is C14H12Cl4N2. The minimum absolute atomic E-state index is 0.477. The lowest BCUT2D eigenvalue weighted by molar-refractivity contribution is 0.575. The first kappa shape index (κ1) is 15.9. The van der Waals surface area contributed by atoms with Crippen molar-refractivity contribution in [3.05, 3.63) is 67.6 Å². The molecule has 0 bridgehead atoms. The molecule has 0 saturated carbocycles. The molecule has 2 nitrogen and oxygen atoms in total. The average molecular weight is 350 g/mol. The lowest BCUT2D eigenvalue weighted by Crippen LogP contribution is -2.27. The van der Waals surface area contributed by atoms with Crippen molar-refractivity contribution >= 4 is 46.4 Å². The second-order valence-electron chi connectivity index (χ2n) is 4.38. The van der Waals surface area contributed by atoms with Crippen LogP contribution in [0.25, 0.3) is 0 Å². The first-order valence-corrected chi connectivity index (χ1v) is 7.32. The van der Waals surface area contributed by atoms with E-state index in [4.69, 9.17) is 57.9 Å². The zero-order valence-corrected chi connectivity index (χ0v) is 13.3. The summed E-state index contributed by atoms with van der Waals surface area (Å²) in [6.45, 7) is 0. The lowest BCUT2D eigenvalue weighted by atomic mass is 9.95. The van der Waals surface area contributed by atoms with E-state index in [-0.39, 0.29) is 0 Å². The smallest absolute Gasteiger partial charge is 0.0506 e. The Bertz CT molecular complexity index is 575. The van der Waals surface area contributed by atoms with E-state index in [1.807, 2.05) is 0 Å². The lowest BCUT2D eigenvalue weighted by Gasteiger charge is -2.22. The Morgan fingerprint density at radius 1 is 0.650 bits per heavy atom. The van der Waals surface area contributed by atoms with Gasteiger partial charge in [-0.2, -0.15) is 0 Å². The van der Waals surface area contributed by atoms with Gasteiger partial charge in [0.1, 0.15) is 0 Å². The number of hydrogen-bond donors (Lipinski definition) is 2. The maximum absolute atomic E-state index is 6.18. The summed E-state index contributed by atoms with van der Waals surface area (Å²) < 4.78 is 0. The Hall–Kier alpha value is -0.480. The highest BCUT2D eigenvalue weighted by atomic mass is 35.5. The average Bonchev–Trinajstić information content (AvgIpc) is 2.37. The van der Waals surface area contributed by atoms with Crippen molar-refractivity contribution in [2.75, 3.05) is 0 Å². The Balaban J connectivity index is 2.34. The second-order valence-corrected chi connectivity index (χ2v) is 6.07. The summed E-state index contributed by atoms with van der Waals surface area (Å²) in [5.74, 6) is 0. The van der Waals surface area contributed by atoms with Gasteiger partial charge in [0.2, 0.25) is 0 Å². The van der Waals surface area contributed by atoms with E-state index in [9.17, 15) is 0 Å². The van der Waals surface area contributed by atoms with E-state index in [1.54, 1.807) is 36.4 Å². The third kappa shape index (κ3) is 3.40. The van der Waals surface area contributed by atoms with Gasteiger partial charge in [0.25, 0.3) is 0 Å². The standard InChI is InChI=1S/C14H12Cl4N2/c15-7-1-3-9(11(17)5-7)13(19)14(20)10-4-2-8(16)6-12(10)18/h1-6,13-14H,19-20H2. The first-order chi connectivity index (χ1) is 9.40. The number of halogens is 4. The monoisotopic (exact) mass is 348 g/mol. The molecule has 2 aromatic carbocycles. The molecule has 2 atom stereocenters. The summed E-state index contributed by atoms with van der Waals surface area (Å²) in [7, 11) is 0. The van der Waals surface area contributed by atoms with Crippen LogP contribution in [0.2, 0.25) is 20.1 Å². The first-order valence-electron chi connectivity index (χ1n) is 5.81. The topological polar surface area (TPSA) is 52.0 Å². The maximum atomic E-state index is 6.18. The molecule has 0 aliphatic carbocycles. The summed E-state index contributed by atoms with van der Waals surface area (Å²) in [6.07, 6.45) is 0. The van der Waals surface area contributed by atoms with Gasteiger partial charge in [-0.05, 0) is 35.4 Å². The van der Waals surface area contributed by atoms with Crippen LogP contribution < -0.4 is 11.5 Å². The van der Waals surface area contributed by atoms with Crippen molar-refractivity contribution in [1.82, 2.24) is 0 Å².